The molecule has 1 aliphatic heterocycles. The molecule has 1 heterocycles. The van der Waals surface area contributed by atoms with Crippen molar-refractivity contribution in [2.45, 2.75) is 93.8 Å². The van der Waals surface area contributed by atoms with Crippen molar-refractivity contribution in [3.05, 3.63) is 0 Å². The van der Waals surface area contributed by atoms with Crippen LogP contribution in [-0.2, 0) is 0 Å². The van der Waals surface area contributed by atoms with Gasteiger partial charge in [0.15, 0.2) is 0 Å². The zero-order valence-corrected chi connectivity index (χ0v) is 14.6. The summed E-state index contributed by atoms with van der Waals surface area (Å²) in [5, 5.41) is 1.23. The standard InChI is InChI=1S/C17H32P2/c1-18-14-8-13-17(18)19(15-9-4-2-5-10-15)16-11-6-3-7-12-16/h15-17H,2-14H2,1H3/t17-,18?/m0/s1. The van der Waals surface area contributed by atoms with Crippen LogP contribution < -0.4 is 0 Å². The molecule has 0 radical (unpaired) electrons. The van der Waals surface area contributed by atoms with Crippen molar-refractivity contribution in [2.24, 2.45) is 0 Å². The Hall–Kier alpha value is 0.860. The minimum atomic E-state index is 0.391. The molecule has 110 valence electrons. The number of rotatable bonds is 3. The average Bonchev–Trinajstić information content (AvgIpc) is 2.88. The van der Waals surface area contributed by atoms with Gasteiger partial charge in [-0.15, -0.1) is 7.92 Å². The highest BCUT2D eigenvalue weighted by Gasteiger charge is 2.39. The molecule has 0 bridgehead atoms. The van der Waals surface area contributed by atoms with Crippen LogP contribution in [0, 0.1) is 0 Å². The van der Waals surface area contributed by atoms with Gasteiger partial charge >= 0.3 is 0 Å². The Morgan fingerprint density at radius 2 is 1.21 bits per heavy atom. The van der Waals surface area contributed by atoms with Gasteiger partial charge in [-0.25, -0.2) is 0 Å². The Morgan fingerprint density at radius 1 is 0.684 bits per heavy atom. The first-order valence-corrected chi connectivity index (χ1v) is 12.4. The maximum absolute atomic E-state index is 2.65. The van der Waals surface area contributed by atoms with Crippen molar-refractivity contribution in [3.63, 3.8) is 0 Å². The number of hydrogen-bond donors (Lipinski definition) is 0. The maximum Gasteiger partial charge on any atom is -0.000321 e. The molecule has 3 rings (SSSR count). The minimum Gasteiger partial charge on any atom is -0.102 e. The van der Waals surface area contributed by atoms with Crippen LogP contribution in [0.3, 0.4) is 0 Å². The van der Waals surface area contributed by atoms with Crippen LogP contribution in [0.4, 0.5) is 0 Å². The molecule has 3 aliphatic rings. The molecule has 0 N–H and O–H groups in total. The van der Waals surface area contributed by atoms with Crippen molar-refractivity contribution in [2.75, 3.05) is 12.8 Å². The van der Waals surface area contributed by atoms with E-state index in [9.17, 15) is 0 Å². The Kier molecular flexibility index (Phi) is 5.62. The van der Waals surface area contributed by atoms with Crippen LogP contribution in [0.25, 0.3) is 0 Å². The first kappa shape index (κ1) is 14.8. The Labute approximate surface area is 123 Å². The predicted molar refractivity (Wildman–Crippen MR) is 91.4 cm³/mol. The lowest BCUT2D eigenvalue weighted by Crippen LogP contribution is -2.25. The van der Waals surface area contributed by atoms with E-state index in [4.69, 9.17) is 0 Å². The smallest absolute Gasteiger partial charge is 0.000321 e. The van der Waals surface area contributed by atoms with E-state index in [0.717, 1.165) is 0 Å². The highest BCUT2D eigenvalue weighted by Crippen LogP contribution is 2.69. The van der Waals surface area contributed by atoms with Crippen molar-refractivity contribution >= 4 is 15.8 Å². The van der Waals surface area contributed by atoms with Crippen molar-refractivity contribution in [3.8, 4) is 0 Å². The molecule has 0 nitrogen and oxygen atoms in total. The van der Waals surface area contributed by atoms with Crippen LogP contribution >= 0.6 is 15.8 Å². The molecule has 19 heavy (non-hydrogen) atoms. The second-order valence-electron chi connectivity index (χ2n) is 7.13. The summed E-state index contributed by atoms with van der Waals surface area (Å²) in [6, 6.07) is 0. The fourth-order valence-corrected chi connectivity index (χ4v) is 13.7. The molecule has 2 aliphatic carbocycles. The first-order chi connectivity index (χ1) is 9.36. The third kappa shape index (κ3) is 3.55. The number of hydrogen-bond acceptors (Lipinski definition) is 0. The van der Waals surface area contributed by atoms with Gasteiger partial charge in [-0.2, -0.15) is 0 Å². The molecule has 2 saturated carbocycles. The highest BCUT2D eigenvalue weighted by atomic mass is 31.2. The molecule has 1 unspecified atom stereocenters. The van der Waals surface area contributed by atoms with Crippen molar-refractivity contribution < 1.29 is 0 Å². The fraction of sp³-hybridized carbons (Fsp3) is 1.00. The van der Waals surface area contributed by atoms with Gasteiger partial charge in [0, 0.05) is 0 Å². The van der Waals surface area contributed by atoms with Gasteiger partial charge in [-0.05, 0) is 68.1 Å². The summed E-state index contributed by atoms with van der Waals surface area (Å²) in [6.45, 7) is 2.65. The SMILES string of the molecule is CP1CCC[C@@H]1P(C1CCCCC1)C1CCCCC1. The predicted octanol–water partition coefficient (Wildman–Crippen LogP) is 6.37. The van der Waals surface area contributed by atoms with Crippen LogP contribution in [0.15, 0.2) is 0 Å². The van der Waals surface area contributed by atoms with Crippen LogP contribution in [0.5, 0.6) is 0 Å². The summed E-state index contributed by atoms with van der Waals surface area (Å²) in [7, 11) is 0.803. The maximum atomic E-state index is 2.65. The minimum absolute atomic E-state index is 0.391. The van der Waals surface area contributed by atoms with E-state index in [2.05, 4.69) is 6.66 Å². The average molecular weight is 298 g/mol. The van der Waals surface area contributed by atoms with E-state index >= 15 is 0 Å². The van der Waals surface area contributed by atoms with E-state index < -0.39 is 0 Å². The third-order valence-electron chi connectivity index (χ3n) is 5.82. The summed E-state index contributed by atoms with van der Waals surface area (Å²) in [6.07, 6.45) is 20.6. The quantitative estimate of drug-likeness (QED) is 0.531. The Balaban J connectivity index is 1.73. The van der Waals surface area contributed by atoms with Gasteiger partial charge < -0.3 is 0 Å². The third-order valence-corrected chi connectivity index (χ3v) is 13.8. The summed E-state index contributed by atoms with van der Waals surface area (Å²) >= 11 is 0. The molecular formula is C17H32P2. The molecule has 1 saturated heterocycles. The largest absolute Gasteiger partial charge is 0.102 e. The molecule has 0 aromatic carbocycles. The van der Waals surface area contributed by atoms with E-state index in [1.807, 2.05) is 0 Å². The molecule has 0 amide bonds. The molecule has 2 heteroatoms. The summed E-state index contributed by atoms with van der Waals surface area (Å²) < 4.78 is 0. The monoisotopic (exact) mass is 298 g/mol. The van der Waals surface area contributed by atoms with Gasteiger partial charge in [0.2, 0.25) is 0 Å². The molecular weight excluding hydrogens is 266 g/mol. The summed E-state index contributed by atoms with van der Waals surface area (Å²) in [5.41, 5.74) is 2.39. The van der Waals surface area contributed by atoms with E-state index in [1.54, 1.807) is 70.4 Å². The highest BCUT2D eigenvalue weighted by molar-refractivity contribution is 7.76. The molecule has 0 spiro atoms. The van der Waals surface area contributed by atoms with Crippen LogP contribution in [-0.4, -0.2) is 29.5 Å². The fourth-order valence-electron chi connectivity index (χ4n) is 4.81. The van der Waals surface area contributed by atoms with Crippen molar-refractivity contribution in [1.29, 1.82) is 0 Å². The van der Waals surface area contributed by atoms with Gasteiger partial charge in [-0.3, -0.25) is 0 Å². The zero-order valence-electron chi connectivity index (χ0n) is 12.8. The molecule has 0 aromatic rings. The van der Waals surface area contributed by atoms with Crippen LogP contribution in [0.1, 0.15) is 77.0 Å². The second kappa shape index (κ2) is 7.22. The Bertz CT molecular complexity index is 248. The summed E-state index contributed by atoms with van der Waals surface area (Å²) in [5.74, 6) is 0. The lowest BCUT2D eigenvalue weighted by Gasteiger charge is -2.43. The normalized spacial score (nSPS) is 35.1. The topological polar surface area (TPSA) is 0 Å². The van der Waals surface area contributed by atoms with E-state index in [-0.39, 0.29) is 0 Å². The lowest BCUT2D eigenvalue weighted by molar-refractivity contribution is 0.483. The Morgan fingerprint density at radius 3 is 1.63 bits per heavy atom. The van der Waals surface area contributed by atoms with Gasteiger partial charge in [-0.1, -0.05) is 46.4 Å². The van der Waals surface area contributed by atoms with Gasteiger partial charge in [0.25, 0.3) is 0 Å². The van der Waals surface area contributed by atoms with Crippen LogP contribution in [0.2, 0.25) is 0 Å². The molecule has 2 atom stereocenters. The molecule has 3 fully saturated rings. The van der Waals surface area contributed by atoms with E-state index in [1.165, 1.54) is 29.6 Å². The zero-order chi connectivity index (χ0) is 13.1. The first-order valence-electron chi connectivity index (χ1n) is 8.84. The molecule has 0 aromatic heterocycles. The van der Waals surface area contributed by atoms with Crippen molar-refractivity contribution in [1.82, 2.24) is 0 Å². The second-order valence-corrected chi connectivity index (χ2v) is 13.1. The summed E-state index contributed by atoms with van der Waals surface area (Å²) in [4.78, 5) is 0. The van der Waals surface area contributed by atoms with Gasteiger partial charge in [0.1, 0.15) is 0 Å². The lowest BCUT2D eigenvalue weighted by atomic mass is 9.99. The van der Waals surface area contributed by atoms with Gasteiger partial charge in [0.05, 0.1) is 0 Å². The van der Waals surface area contributed by atoms with E-state index in [0.29, 0.717) is 15.8 Å².